The average molecular weight is 144 g/mol. The smallest absolute Gasteiger partial charge is 0.127 e. The molecule has 60 valence electrons. The number of likely N-dealkylation sites (N-methyl/N-ethyl adjacent to an activating group) is 1. The molecule has 0 amide bonds. The Labute approximate surface area is 63.8 Å². The summed E-state index contributed by atoms with van der Waals surface area (Å²) < 4.78 is 0. The number of piperazine rings is 1. The molecule has 10 heavy (non-hydrogen) atoms. The highest BCUT2D eigenvalue weighted by Crippen LogP contribution is 1.64. The number of hydrogen-bond acceptors (Lipinski definition) is 0. The minimum Gasteiger partial charge on any atom is -0.328 e. The second kappa shape index (κ2) is 3.94. The van der Waals surface area contributed by atoms with Crippen LogP contribution < -0.4 is 9.80 Å². The minimum absolute atomic E-state index is 1.34. The van der Waals surface area contributed by atoms with Crippen molar-refractivity contribution in [3.8, 4) is 0 Å². The van der Waals surface area contributed by atoms with Crippen LogP contribution in [0.1, 0.15) is 13.3 Å². The van der Waals surface area contributed by atoms with Gasteiger partial charge in [0.05, 0.1) is 13.6 Å². The minimum atomic E-state index is 1.34. The molecule has 0 saturated carbocycles. The van der Waals surface area contributed by atoms with Crippen molar-refractivity contribution in [2.75, 3.05) is 39.8 Å². The summed E-state index contributed by atoms with van der Waals surface area (Å²) in [4.78, 5) is 3.52. The molecule has 0 unspecified atom stereocenters. The first-order valence-corrected chi connectivity index (χ1v) is 4.47. The van der Waals surface area contributed by atoms with Gasteiger partial charge < -0.3 is 9.80 Å². The summed E-state index contributed by atoms with van der Waals surface area (Å²) in [6.07, 6.45) is 1.34. The van der Waals surface area contributed by atoms with Gasteiger partial charge in [-0.15, -0.1) is 0 Å². The van der Waals surface area contributed by atoms with E-state index in [1.807, 2.05) is 4.90 Å². The first-order chi connectivity index (χ1) is 4.83. The molecule has 2 nitrogen and oxygen atoms in total. The number of hydrogen-bond donors (Lipinski definition) is 2. The Morgan fingerprint density at radius 3 is 2.20 bits per heavy atom. The lowest BCUT2D eigenvalue weighted by Crippen LogP contribution is -3.27. The van der Waals surface area contributed by atoms with Gasteiger partial charge in [-0.25, -0.2) is 0 Å². The summed E-state index contributed by atoms with van der Waals surface area (Å²) in [5.41, 5.74) is 0. The van der Waals surface area contributed by atoms with E-state index in [1.165, 1.54) is 39.1 Å². The summed E-state index contributed by atoms with van der Waals surface area (Å²) in [7, 11) is 2.29. The quantitative estimate of drug-likeness (QED) is 0.436. The van der Waals surface area contributed by atoms with Gasteiger partial charge in [0.25, 0.3) is 0 Å². The van der Waals surface area contributed by atoms with Crippen LogP contribution in [0.25, 0.3) is 0 Å². The van der Waals surface area contributed by atoms with Crippen molar-refractivity contribution in [2.24, 2.45) is 0 Å². The Bertz CT molecular complexity index is 85.3. The van der Waals surface area contributed by atoms with Crippen LogP contribution in [0.2, 0.25) is 0 Å². The fraction of sp³-hybridized carbons (Fsp3) is 1.00. The van der Waals surface area contributed by atoms with Gasteiger partial charge in [-0.05, 0) is 6.42 Å². The van der Waals surface area contributed by atoms with E-state index in [1.54, 1.807) is 4.90 Å². The van der Waals surface area contributed by atoms with Crippen molar-refractivity contribution in [3.05, 3.63) is 0 Å². The second-order valence-electron chi connectivity index (χ2n) is 3.46. The van der Waals surface area contributed by atoms with Crippen LogP contribution in [0.15, 0.2) is 0 Å². The van der Waals surface area contributed by atoms with Gasteiger partial charge in [0.1, 0.15) is 26.2 Å². The normalized spacial score (nSPS) is 34.2. The number of rotatable bonds is 2. The van der Waals surface area contributed by atoms with Crippen LogP contribution >= 0.6 is 0 Å². The predicted molar refractivity (Wildman–Crippen MR) is 42.5 cm³/mol. The van der Waals surface area contributed by atoms with Gasteiger partial charge in [0, 0.05) is 0 Å². The van der Waals surface area contributed by atoms with Crippen LogP contribution in [0.3, 0.4) is 0 Å². The molecule has 0 aromatic carbocycles. The summed E-state index contributed by atoms with van der Waals surface area (Å²) in [6, 6.07) is 0. The summed E-state index contributed by atoms with van der Waals surface area (Å²) in [5.74, 6) is 0. The highest BCUT2D eigenvalue weighted by molar-refractivity contribution is 4.35. The van der Waals surface area contributed by atoms with E-state index in [0.29, 0.717) is 0 Å². The van der Waals surface area contributed by atoms with Crippen LogP contribution in [-0.2, 0) is 0 Å². The molecule has 0 spiro atoms. The molecule has 0 radical (unpaired) electrons. The van der Waals surface area contributed by atoms with Crippen LogP contribution in [0, 0.1) is 0 Å². The maximum atomic E-state index is 2.29. The largest absolute Gasteiger partial charge is 0.328 e. The third-order valence-corrected chi connectivity index (χ3v) is 2.41. The van der Waals surface area contributed by atoms with E-state index in [4.69, 9.17) is 0 Å². The van der Waals surface area contributed by atoms with E-state index in [-0.39, 0.29) is 0 Å². The fourth-order valence-electron chi connectivity index (χ4n) is 1.63. The lowest BCUT2D eigenvalue weighted by atomic mass is 10.3. The lowest BCUT2D eigenvalue weighted by molar-refractivity contribution is -1.00. The molecule has 1 saturated heterocycles. The van der Waals surface area contributed by atoms with Gasteiger partial charge in [-0.1, -0.05) is 6.92 Å². The zero-order valence-electron chi connectivity index (χ0n) is 7.24. The fourth-order valence-corrected chi connectivity index (χ4v) is 1.63. The maximum absolute atomic E-state index is 2.29. The molecule has 2 heteroatoms. The Hall–Kier alpha value is -0.0800. The van der Waals surface area contributed by atoms with Gasteiger partial charge >= 0.3 is 0 Å². The van der Waals surface area contributed by atoms with Crippen molar-refractivity contribution in [2.45, 2.75) is 13.3 Å². The predicted octanol–water partition coefficient (Wildman–Crippen LogP) is -2.19. The zero-order chi connectivity index (χ0) is 7.40. The summed E-state index contributed by atoms with van der Waals surface area (Å²) >= 11 is 0. The molecule has 0 bridgehead atoms. The summed E-state index contributed by atoms with van der Waals surface area (Å²) in [5, 5.41) is 0. The highest BCUT2D eigenvalue weighted by Gasteiger charge is 2.17. The van der Waals surface area contributed by atoms with Crippen molar-refractivity contribution in [1.29, 1.82) is 0 Å². The molecule has 2 N–H and O–H groups in total. The average Bonchev–Trinajstić information content (AvgIpc) is 1.95. The van der Waals surface area contributed by atoms with Crippen molar-refractivity contribution in [3.63, 3.8) is 0 Å². The van der Waals surface area contributed by atoms with Gasteiger partial charge in [-0.3, -0.25) is 0 Å². The SMILES string of the molecule is CCC[NH+]1CC[NH+](C)CC1. The van der Waals surface area contributed by atoms with E-state index in [2.05, 4.69) is 14.0 Å². The van der Waals surface area contributed by atoms with E-state index in [0.717, 1.165) is 0 Å². The monoisotopic (exact) mass is 144 g/mol. The Kier molecular flexibility index (Phi) is 3.16. The van der Waals surface area contributed by atoms with Crippen molar-refractivity contribution >= 4 is 0 Å². The zero-order valence-corrected chi connectivity index (χ0v) is 7.24. The molecule has 0 aromatic heterocycles. The molecule has 0 aromatic rings. The molecule has 1 aliphatic heterocycles. The molecule has 1 heterocycles. The second-order valence-corrected chi connectivity index (χ2v) is 3.46. The molecular formula is C8H20N2+2. The highest BCUT2D eigenvalue weighted by atomic mass is 15.2. The van der Waals surface area contributed by atoms with Crippen LogP contribution in [-0.4, -0.2) is 39.8 Å². The molecule has 1 aliphatic rings. The Morgan fingerprint density at radius 1 is 1.10 bits per heavy atom. The number of quaternary nitrogens is 2. The van der Waals surface area contributed by atoms with E-state index in [9.17, 15) is 0 Å². The Balaban J connectivity index is 2.13. The standard InChI is InChI=1S/C8H18N2/c1-3-4-10-7-5-9(2)6-8-10/h3-8H2,1-2H3/p+2. The molecular weight excluding hydrogens is 124 g/mol. The van der Waals surface area contributed by atoms with Crippen molar-refractivity contribution in [1.82, 2.24) is 0 Å². The van der Waals surface area contributed by atoms with Crippen LogP contribution in [0.4, 0.5) is 0 Å². The Morgan fingerprint density at radius 2 is 1.70 bits per heavy atom. The topological polar surface area (TPSA) is 8.88 Å². The van der Waals surface area contributed by atoms with Gasteiger partial charge in [0.15, 0.2) is 0 Å². The van der Waals surface area contributed by atoms with E-state index < -0.39 is 0 Å². The third-order valence-electron chi connectivity index (χ3n) is 2.41. The van der Waals surface area contributed by atoms with Gasteiger partial charge in [-0.2, -0.15) is 0 Å². The molecule has 0 atom stereocenters. The summed E-state index contributed by atoms with van der Waals surface area (Å²) in [6.45, 7) is 9.18. The van der Waals surface area contributed by atoms with Crippen molar-refractivity contribution < 1.29 is 9.80 Å². The molecule has 1 fully saturated rings. The number of nitrogens with one attached hydrogen (secondary N) is 2. The maximum Gasteiger partial charge on any atom is 0.127 e. The van der Waals surface area contributed by atoms with Gasteiger partial charge in [0.2, 0.25) is 0 Å². The van der Waals surface area contributed by atoms with Crippen LogP contribution in [0.5, 0.6) is 0 Å². The first kappa shape index (κ1) is 8.02. The molecule has 1 rings (SSSR count). The first-order valence-electron chi connectivity index (χ1n) is 4.47. The third kappa shape index (κ3) is 2.27. The molecule has 0 aliphatic carbocycles. The van der Waals surface area contributed by atoms with E-state index >= 15 is 0 Å². The lowest BCUT2D eigenvalue weighted by Gasteiger charge is -2.26.